The zero-order chi connectivity index (χ0) is 12.5. The Kier molecular flexibility index (Phi) is 3.07. The van der Waals surface area contributed by atoms with Crippen molar-refractivity contribution in [3.05, 3.63) is 29.3 Å². The minimum absolute atomic E-state index is 0.0350. The number of nitrogens with one attached hydrogen (secondary N) is 1. The largest absolute Gasteiger partial charge is 0.484 e. The standard InChI is InChI=1S/C13H17NO3/c1-9-3-4-11(10(2)5-9)17-13(6-12(15)16)7-14-8-13/h3-5,14H,6-8H2,1-2H3,(H,15,16). The zero-order valence-electron chi connectivity index (χ0n) is 10.1. The van der Waals surface area contributed by atoms with Crippen molar-refractivity contribution in [2.24, 2.45) is 0 Å². The van der Waals surface area contributed by atoms with E-state index in [2.05, 4.69) is 5.32 Å². The van der Waals surface area contributed by atoms with Gasteiger partial charge in [0.1, 0.15) is 11.4 Å². The van der Waals surface area contributed by atoms with Crippen molar-refractivity contribution in [1.29, 1.82) is 0 Å². The fraction of sp³-hybridized carbons (Fsp3) is 0.462. The lowest BCUT2D eigenvalue weighted by atomic mass is 9.92. The Labute approximate surface area is 101 Å². The molecule has 0 amide bonds. The number of ether oxygens (including phenoxy) is 1. The maximum Gasteiger partial charge on any atom is 0.307 e. The molecule has 0 radical (unpaired) electrons. The molecule has 1 fully saturated rings. The Balaban J connectivity index is 2.15. The Morgan fingerprint density at radius 3 is 2.65 bits per heavy atom. The van der Waals surface area contributed by atoms with Crippen LogP contribution in [0, 0.1) is 13.8 Å². The van der Waals surface area contributed by atoms with Gasteiger partial charge in [-0.25, -0.2) is 0 Å². The second-order valence-electron chi connectivity index (χ2n) is 4.73. The summed E-state index contributed by atoms with van der Waals surface area (Å²) in [5.41, 5.74) is 1.64. The molecular formula is C13H17NO3. The van der Waals surface area contributed by atoms with Crippen molar-refractivity contribution in [2.75, 3.05) is 13.1 Å². The summed E-state index contributed by atoms with van der Waals surface area (Å²) >= 11 is 0. The van der Waals surface area contributed by atoms with Gasteiger partial charge in [0.15, 0.2) is 0 Å². The van der Waals surface area contributed by atoms with Gasteiger partial charge in [-0.3, -0.25) is 4.79 Å². The van der Waals surface area contributed by atoms with E-state index in [4.69, 9.17) is 9.84 Å². The normalized spacial score (nSPS) is 17.3. The average molecular weight is 235 g/mol. The van der Waals surface area contributed by atoms with Crippen LogP contribution in [0.5, 0.6) is 5.75 Å². The number of rotatable bonds is 4. The van der Waals surface area contributed by atoms with Gasteiger partial charge in [-0.15, -0.1) is 0 Å². The van der Waals surface area contributed by atoms with Crippen LogP contribution < -0.4 is 10.1 Å². The number of hydrogen-bond donors (Lipinski definition) is 2. The van der Waals surface area contributed by atoms with E-state index >= 15 is 0 Å². The SMILES string of the molecule is Cc1ccc(OC2(CC(=O)O)CNC2)c(C)c1. The van der Waals surface area contributed by atoms with Gasteiger partial charge < -0.3 is 15.2 Å². The molecule has 92 valence electrons. The van der Waals surface area contributed by atoms with Crippen LogP contribution in [0.2, 0.25) is 0 Å². The van der Waals surface area contributed by atoms with Crippen molar-refractivity contribution < 1.29 is 14.6 Å². The van der Waals surface area contributed by atoms with Crippen LogP contribution in [-0.2, 0) is 4.79 Å². The third kappa shape index (κ3) is 2.58. The van der Waals surface area contributed by atoms with Crippen LogP contribution in [0.3, 0.4) is 0 Å². The third-order valence-corrected chi connectivity index (χ3v) is 3.02. The van der Waals surface area contributed by atoms with Gasteiger partial charge in [-0.05, 0) is 25.5 Å². The molecular weight excluding hydrogens is 218 g/mol. The quantitative estimate of drug-likeness (QED) is 0.830. The highest BCUT2D eigenvalue weighted by Crippen LogP contribution is 2.28. The van der Waals surface area contributed by atoms with Crippen molar-refractivity contribution in [2.45, 2.75) is 25.9 Å². The summed E-state index contributed by atoms with van der Waals surface area (Å²) in [7, 11) is 0. The Morgan fingerprint density at radius 1 is 1.47 bits per heavy atom. The van der Waals surface area contributed by atoms with Crippen molar-refractivity contribution in [3.8, 4) is 5.75 Å². The van der Waals surface area contributed by atoms with E-state index in [-0.39, 0.29) is 6.42 Å². The number of aliphatic carboxylic acids is 1. The van der Waals surface area contributed by atoms with Gasteiger partial charge in [-0.2, -0.15) is 0 Å². The predicted octanol–water partition coefficient (Wildman–Crippen LogP) is 1.50. The highest BCUT2D eigenvalue weighted by Gasteiger charge is 2.41. The molecule has 0 aliphatic carbocycles. The summed E-state index contributed by atoms with van der Waals surface area (Å²) < 4.78 is 5.89. The number of benzene rings is 1. The van der Waals surface area contributed by atoms with E-state index in [0.717, 1.165) is 11.3 Å². The molecule has 1 aromatic rings. The number of carboxylic acids is 1. The minimum atomic E-state index is -0.823. The smallest absolute Gasteiger partial charge is 0.307 e. The molecule has 17 heavy (non-hydrogen) atoms. The molecule has 2 N–H and O–H groups in total. The maximum atomic E-state index is 10.8. The van der Waals surface area contributed by atoms with Crippen LogP contribution in [-0.4, -0.2) is 29.8 Å². The highest BCUT2D eigenvalue weighted by molar-refractivity contribution is 5.68. The first-order valence-corrected chi connectivity index (χ1v) is 5.70. The minimum Gasteiger partial charge on any atom is -0.484 e. The molecule has 2 rings (SSSR count). The number of carbonyl (C=O) groups is 1. The first-order chi connectivity index (χ1) is 8.01. The number of carboxylic acid groups (broad SMARTS) is 1. The first kappa shape index (κ1) is 11.9. The van der Waals surface area contributed by atoms with E-state index in [9.17, 15) is 4.79 Å². The monoisotopic (exact) mass is 235 g/mol. The summed E-state index contributed by atoms with van der Waals surface area (Å²) in [6.45, 7) is 5.18. The van der Waals surface area contributed by atoms with Gasteiger partial charge in [0, 0.05) is 13.1 Å². The topological polar surface area (TPSA) is 58.6 Å². The fourth-order valence-corrected chi connectivity index (χ4v) is 2.06. The second kappa shape index (κ2) is 4.37. The molecule has 0 unspecified atom stereocenters. The molecule has 0 spiro atoms. The zero-order valence-corrected chi connectivity index (χ0v) is 10.1. The van der Waals surface area contributed by atoms with E-state index in [0.29, 0.717) is 13.1 Å². The molecule has 1 aliphatic rings. The van der Waals surface area contributed by atoms with Crippen LogP contribution in [0.25, 0.3) is 0 Å². The second-order valence-corrected chi connectivity index (χ2v) is 4.73. The maximum absolute atomic E-state index is 10.8. The molecule has 4 heteroatoms. The van der Waals surface area contributed by atoms with Crippen LogP contribution in [0.15, 0.2) is 18.2 Å². The molecule has 4 nitrogen and oxygen atoms in total. The lowest BCUT2D eigenvalue weighted by Crippen LogP contribution is -2.64. The Morgan fingerprint density at radius 2 is 2.18 bits per heavy atom. The van der Waals surface area contributed by atoms with Gasteiger partial charge in [0.05, 0.1) is 6.42 Å². The summed E-state index contributed by atoms with van der Waals surface area (Å²) in [5, 5.41) is 12.0. The summed E-state index contributed by atoms with van der Waals surface area (Å²) in [4.78, 5) is 10.8. The Bertz CT molecular complexity index is 438. The molecule has 1 heterocycles. The Hall–Kier alpha value is -1.55. The number of hydrogen-bond acceptors (Lipinski definition) is 3. The summed E-state index contributed by atoms with van der Waals surface area (Å²) in [5.74, 6) is -0.0467. The predicted molar refractivity (Wildman–Crippen MR) is 64.4 cm³/mol. The van der Waals surface area contributed by atoms with E-state index in [1.165, 1.54) is 5.56 Å². The molecule has 1 aromatic carbocycles. The van der Waals surface area contributed by atoms with E-state index in [1.807, 2.05) is 32.0 Å². The molecule has 0 bridgehead atoms. The number of aryl methyl sites for hydroxylation is 2. The van der Waals surface area contributed by atoms with Crippen LogP contribution in [0.4, 0.5) is 0 Å². The molecule has 0 aromatic heterocycles. The first-order valence-electron chi connectivity index (χ1n) is 5.70. The molecule has 1 saturated heterocycles. The lowest BCUT2D eigenvalue weighted by Gasteiger charge is -2.41. The van der Waals surface area contributed by atoms with Crippen LogP contribution in [0.1, 0.15) is 17.5 Å². The molecule has 0 atom stereocenters. The van der Waals surface area contributed by atoms with E-state index in [1.54, 1.807) is 0 Å². The summed E-state index contributed by atoms with van der Waals surface area (Å²) in [6.07, 6.45) is 0.0350. The van der Waals surface area contributed by atoms with Crippen molar-refractivity contribution in [3.63, 3.8) is 0 Å². The fourth-order valence-electron chi connectivity index (χ4n) is 2.06. The summed E-state index contributed by atoms with van der Waals surface area (Å²) in [6, 6.07) is 5.92. The van der Waals surface area contributed by atoms with Gasteiger partial charge in [-0.1, -0.05) is 17.7 Å². The molecule has 1 aliphatic heterocycles. The van der Waals surface area contributed by atoms with Gasteiger partial charge in [0.2, 0.25) is 0 Å². The van der Waals surface area contributed by atoms with Crippen molar-refractivity contribution >= 4 is 5.97 Å². The van der Waals surface area contributed by atoms with Crippen LogP contribution >= 0.6 is 0 Å². The van der Waals surface area contributed by atoms with Gasteiger partial charge in [0.25, 0.3) is 0 Å². The van der Waals surface area contributed by atoms with Crippen molar-refractivity contribution in [1.82, 2.24) is 5.32 Å². The molecule has 0 saturated carbocycles. The average Bonchev–Trinajstić information content (AvgIpc) is 2.18. The van der Waals surface area contributed by atoms with Gasteiger partial charge >= 0.3 is 5.97 Å². The highest BCUT2D eigenvalue weighted by atomic mass is 16.5. The van der Waals surface area contributed by atoms with E-state index < -0.39 is 11.6 Å². The lowest BCUT2D eigenvalue weighted by molar-refractivity contribution is -0.143. The third-order valence-electron chi connectivity index (χ3n) is 3.02.